The molecule has 0 saturated carbocycles. The Labute approximate surface area is 102 Å². The lowest BCUT2D eigenvalue weighted by molar-refractivity contribution is -0.0949. The fourth-order valence-corrected chi connectivity index (χ4v) is 3.07. The first kappa shape index (κ1) is 11.1. The monoisotopic (exact) mass is 233 g/mol. The fourth-order valence-electron chi connectivity index (χ4n) is 3.07. The van der Waals surface area contributed by atoms with Crippen LogP contribution in [0, 0.1) is 0 Å². The smallest absolute Gasteiger partial charge is 0.124 e. The van der Waals surface area contributed by atoms with Crippen molar-refractivity contribution < 1.29 is 9.47 Å². The van der Waals surface area contributed by atoms with Gasteiger partial charge in [0.05, 0.1) is 12.7 Å². The van der Waals surface area contributed by atoms with Gasteiger partial charge in [0.1, 0.15) is 11.4 Å². The Bertz CT molecular complexity index is 420. The highest BCUT2D eigenvalue weighted by Gasteiger charge is 2.42. The molecule has 1 fully saturated rings. The first-order valence-corrected chi connectivity index (χ1v) is 6.34. The molecule has 2 heterocycles. The standard InChI is InChI=1S/C14H19NO2/c1-10-8-14(6-7-16-10)9-12(15)11-4-2-3-5-13(11)17-14/h2-5,10,12H,6-9,15H2,1H3/t10?,12-,14?/m1/s1. The molecule has 2 unspecified atom stereocenters. The molecule has 0 aliphatic carbocycles. The van der Waals surface area contributed by atoms with Gasteiger partial charge in [0, 0.05) is 30.9 Å². The molecule has 1 spiro atoms. The van der Waals surface area contributed by atoms with Crippen molar-refractivity contribution in [3.8, 4) is 5.75 Å². The summed E-state index contributed by atoms with van der Waals surface area (Å²) in [6.45, 7) is 2.88. The number of nitrogens with two attached hydrogens (primary N) is 1. The first-order valence-electron chi connectivity index (χ1n) is 6.34. The van der Waals surface area contributed by atoms with Crippen LogP contribution in [0.25, 0.3) is 0 Å². The lowest BCUT2D eigenvalue weighted by Gasteiger charge is -2.45. The Morgan fingerprint density at radius 2 is 2.12 bits per heavy atom. The second kappa shape index (κ2) is 4.00. The quantitative estimate of drug-likeness (QED) is 0.748. The number of benzene rings is 1. The van der Waals surface area contributed by atoms with Crippen molar-refractivity contribution >= 4 is 0 Å². The van der Waals surface area contributed by atoms with Crippen molar-refractivity contribution in [2.45, 2.75) is 43.9 Å². The Hall–Kier alpha value is -1.06. The van der Waals surface area contributed by atoms with E-state index in [4.69, 9.17) is 15.2 Å². The van der Waals surface area contributed by atoms with E-state index < -0.39 is 0 Å². The summed E-state index contributed by atoms with van der Waals surface area (Å²) in [5.41, 5.74) is 7.31. The van der Waals surface area contributed by atoms with Gasteiger partial charge in [-0.3, -0.25) is 0 Å². The Morgan fingerprint density at radius 1 is 1.29 bits per heavy atom. The van der Waals surface area contributed by atoms with Gasteiger partial charge in [0.15, 0.2) is 0 Å². The van der Waals surface area contributed by atoms with Gasteiger partial charge in [-0.15, -0.1) is 0 Å². The van der Waals surface area contributed by atoms with Crippen molar-refractivity contribution in [2.24, 2.45) is 5.73 Å². The van der Waals surface area contributed by atoms with Crippen LogP contribution in [-0.2, 0) is 4.74 Å². The molecule has 0 aromatic heterocycles. The molecule has 3 nitrogen and oxygen atoms in total. The van der Waals surface area contributed by atoms with E-state index >= 15 is 0 Å². The van der Waals surface area contributed by atoms with Gasteiger partial charge < -0.3 is 15.2 Å². The van der Waals surface area contributed by atoms with E-state index in [9.17, 15) is 0 Å². The molecule has 1 aromatic carbocycles. The topological polar surface area (TPSA) is 44.5 Å². The summed E-state index contributed by atoms with van der Waals surface area (Å²) in [5, 5.41) is 0. The lowest BCUT2D eigenvalue weighted by Crippen LogP contribution is -2.49. The summed E-state index contributed by atoms with van der Waals surface area (Å²) in [4.78, 5) is 0. The van der Waals surface area contributed by atoms with Crippen molar-refractivity contribution in [2.75, 3.05) is 6.61 Å². The minimum atomic E-state index is -0.106. The number of hydrogen-bond donors (Lipinski definition) is 1. The molecule has 2 aliphatic rings. The highest BCUT2D eigenvalue weighted by atomic mass is 16.5. The van der Waals surface area contributed by atoms with Gasteiger partial charge in [-0.25, -0.2) is 0 Å². The van der Waals surface area contributed by atoms with Crippen LogP contribution in [0.1, 0.15) is 37.8 Å². The van der Waals surface area contributed by atoms with Gasteiger partial charge >= 0.3 is 0 Å². The molecule has 3 rings (SSSR count). The van der Waals surface area contributed by atoms with E-state index in [-0.39, 0.29) is 17.7 Å². The molecule has 1 saturated heterocycles. The van der Waals surface area contributed by atoms with Gasteiger partial charge in [-0.1, -0.05) is 18.2 Å². The summed E-state index contributed by atoms with van der Waals surface area (Å²) >= 11 is 0. The Kier molecular flexibility index (Phi) is 2.60. The summed E-state index contributed by atoms with van der Waals surface area (Å²) < 4.78 is 11.8. The van der Waals surface area contributed by atoms with E-state index in [1.807, 2.05) is 18.2 Å². The third-order valence-electron chi connectivity index (χ3n) is 3.86. The van der Waals surface area contributed by atoms with Crippen LogP contribution in [0.2, 0.25) is 0 Å². The predicted octanol–water partition coefficient (Wildman–Crippen LogP) is 2.41. The summed E-state index contributed by atoms with van der Waals surface area (Å²) in [6, 6.07) is 8.21. The van der Waals surface area contributed by atoms with Crippen LogP contribution in [0.3, 0.4) is 0 Å². The third kappa shape index (κ3) is 1.94. The average Bonchev–Trinajstić information content (AvgIpc) is 2.28. The van der Waals surface area contributed by atoms with Crippen LogP contribution >= 0.6 is 0 Å². The maximum atomic E-state index is 6.28. The normalized spacial score (nSPS) is 36.4. The Balaban J connectivity index is 1.92. The molecule has 1 aromatic rings. The highest BCUT2D eigenvalue weighted by Crippen LogP contribution is 2.43. The number of ether oxygens (including phenoxy) is 2. The van der Waals surface area contributed by atoms with Crippen molar-refractivity contribution in [3.05, 3.63) is 29.8 Å². The summed E-state index contributed by atoms with van der Waals surface area (Å²) in [5.74, 6) is 0.959. The molecular formula is C14H19NO2. The van der Waals surface area contributed by atoms with Crippen LogP contribution in [0.15, 0.2) is 24.3 Å². The number of rotatable bonds is 0. The summed E-state index contributed by atoms with van der Waals surface area (Å²) in [7, 11) is 0. The molecule has 3 atom stereocenters. The molecule has 92 valence electrons. The van der Waals surface area contributed by atoms with Crippen molar-refractivity contribution in [1.82, 2.24) is 0 Å². The minimum absolute atomic E-state index is 0.0882. The fraction of sp³-hybridized carbons (Fsp3) is 0.571. The molecule has 3 heteroatoms. The second-order valence-electron chi connectivity index (χ2n) is 5.27. The number of fused-ring (bicyclic) bond motifs is 1. The van der Waals surface area contributed by atoms with E-state index in [1.54, 1.807) is 0 Å². The van der Waals surface area contributed by atoms with E-state index in [0.29, 0.717) is 0 Å². The zero-order chi connectivity index (χ0) is 11.9. The van der Waals surface area contributed by atoms with Gasteiger partial charge in [-0.05, 0) is 13.0 Å². The zero-order valence-electron chi connectivity index (χ0n) is 10.2. The van der Waals surface area contributed by atoms with Crippen LogP contribution in [0.4, 0.5) is 0 Å². The second-order valence-corrected chi connectivity index (χ2v) is 5.27. The molecular weight excluding hydrogens is 214 g/mol. The molecule has 0 bridgehead atoms. The number of para-hydroxylation sites is 1. The molecule has 0 amide bonds. The maximum Gasteiger partial charge on any atom is 0.124 e. The zero-order valence-corrected chi connectivity index (χ0v) is 10.2. The highest BCUT2D eigenvalue weighted by molar-refractivity contribution is 5.38. The first-order chi connectivity index (χ1) is 8.19. The molecule has 2 aliphatic heterocycles. The van der Waals surface area contributed by atoms with E-state index in [1.165, 1.54) is 0 Å². The maximum absolute atomic E-state index is 6.28. The average molecular weight is 233 g/mol. The number of hydrogen-bond acceptors (Lipinski definition) is 3. The van der Waals surface area contributed by atoms with Gasteiger partial charge in [-0.2, -0.15) is 0 Å². The largest absolute Gasteiger partial charge is 0.487 e. The molecule has 17 heavy (non-hydrogen) atoms. The van der Waals surface area contributed by atoms with E-state index in [2.05, 4.69) is 13.0 Å². The lowest BCUT2D eigenvalue weighted by atomic mass is 9.80. The van der Waals surface area contributed by atoms with Crippen LogP contribution in [0.5, 0.6) is 5.75 Å². The van der Waals surface area contributed by atoms with Crippen molar-refractivity contribution in [3.63, 3.8) is 0 Å². The SMILES string of the molecule is CC1CC2(CCO1)C[C@@H](N)c1ccccc1O2. The van der Waals surface area contributed by atoms with Crippen LogP contribution in [-0.4, -0.2) is 18.3 Å². The summed E-state index contributed by atoms with van der Waals surface area (Å²) in [6.07, 6.45) is 3.05. The minimum Gasteiger partial charge on any atom is -0.487 e. The molecule has 2 N–H and O–H groups in total. The third-order valence-corrected chi connectivity index (χ3v) is 3.86. The van der Waals surface area contributed by atoms with Crippen molar-refractivity contribution in [1.29, 1.82) is 0 Å². The Morgan fingerprint density at radius 3 is 2.94 bits per heavy atom. The van der Waals surface area contributed by atoms with Gasteiger partial charge in [0.2, 0.25) is 0 Å². The van der Waals surface area contributed by atoms with E-state index in [0.717, 1.165) is 37.2 Å². The van der Waals surface area contributed by atoms with Gasteiger partial charge in [0.25, 0.3) is 0 Å². The molecule has 0 radical (unpaired) electrons. The predicted molar refractivity (Wildman–Crippen MR) is 66.0 cm³/mol. The van der Waals surface area contributed by atoms with Crippen LogP contribution < -0.4 is 10.5 Å².